The van der Waals surface area contributed by atoms with E-state index in [1.165, 1.54) is 5.56 Å². The molecule has 0 aliphatic carbocycles. The van der Waals surface area contributed by atoms with E-state index in [4.69, 9.17) is 4.99 Å². The zero-order chi connectivity index (χ0) is 29.6. The second-order valence-corrected chi connectivity index (χ2v) is 11.9. The number of anilines is 1. The maximum absolute atomic E-state index is 13.0. The first-order valence-electron chi connectivity index (χ1n) is 13.9. The highest BCUT2D eigenvalue weighted by Gasteiger charge is 2.15. The van der Waals surface area contributed by atoms with Crippen LogP contribution in [0.2, 0.25) is 0 Å². The third-order valence-corrected chi connectivity index (χ3v) is 9.09. The van der Waals surface area contributed by atoms with Crippen LogP contribution < -0.4 is 5.32 Å². The van der Waals surface area contributed by atoms with E-state index in [1.807, 2.05) is 65.4 Å². The van der Waals surface area contributed by atoms with Crippen molar-refractivity contribution in [1.29, 1.82) is 0 Å². The third-order valence-electron chi connectivity index (χ3n) is 7.16. The Morgan fingerprint density at radius 1 is 0.930 bits per heavy atom. The Balaban J connectivity index is 1.48. The van der Waals surface area contributed by atoms with Crippen LogP contribution in [0.3, 0.4) is 0 Å². The molecule has 0 bridgehead atoms. The van der Waals surface area contributed by atoms with Crippen LogP contribution in [0.25, 0.3) is 21.9 Å². The molecule has 0 saturated carbocycles. The largest absolute Gasteiger partial charge is 0.310 e. The van der Waals surface area contributed by atoms with E-state index in [-0.39, 0.29) is 12.3 Å². The van der Waals surface area contributed by atoms with E-state index in [0.717, 1.165) is 56.5 Å². The second kappa shape index (κ2) is 13.4. The molecule has 1 N–H and O–H groups in total. The summed E-state index contributed by atoms with van der Waals surface area (Å²) in [5.74, 6) is 0.342. The van der Waals surface area contributed by atoms with Gasteiger partial charge in [0.15, 0.2) is 0 Å². The van der Waals surface area contributed by atoms with Crippen molar-refractivity contribution in [2.75, 3.05) is 5.32 Å². The maximum atomic E-state index is 13.0. The van der Waals surface area contributed by atoms with Gasteiger partial charge in [-0.3, -0.25) is 9.78 Å². The van der Waals surface area contributed by atoms with Gasteiger partial charge in [-0.05, 0) is 75.3 Å². The zero-order valence-corrected chi connectivity index (χ0v) is 26.6. The Labute approximate surface area is 264 Å². The summed E-state index contributed by atoms with van der Waals surface area (Å²) in [6, 6.07) is 30.5. The molecule has 1 amide bonds. The van der Waals surface area contributed by atoms with Crippen LogP contribution in [0.15, 0.2) is 121 Å². The molecule has 43 heavy (non-hydrogen) atoms. The summed E-state index contributed by atoms with van der Waals surface area (Å²) < 4.78 is 1.83. The summed E-state index contributed by atoms with van der Waals surface area (Å²) in [5, 5.41) is 9.06. The number of halogens is 1. The molecule has 3 heterocycles. The number of aliphatic imine (C=N–C) groups is 1. The lowest BCUT2D eigenvalue weighted by molar-refractivity contribution is -0.115. The number of nitrogens with one attached hydrogen (secondary N) is 1. The Hall–Kier alpha value is -4.27. The van der Waals surface area contributed by atoms with Crippen molar-refractivity contribution in [1.82, 2.24) is 19.5 Å². The highest BCUT2D eigenvalue weighted by Crippen LogP contribution is 2.36. The lowest BCUT2D eigenvalue weighted by Crippen LogP contribution is -2.16. The highest BCUT2D eigenvalue weighted by atomic mass is 127. The van der Waals surface area contributed by atoms with Gasteiger partial charge in [0, 0.05) is 46.9 Å². The number of nitrogens with zero attached hydrogens (tertiary/aromatic N) is 5. The summed E-state index contributed by atoms with van der Waals surface area (Å²) in [4.78, 5) is 27.3. The first kappa shape index (κ1) is 28.8. The van der Waals surface area contributed by atoms with E-state index < -0.39 is 0 Å². The molecule has 212 valence electrons. The second-order valence-electron chi connectivity index (χ2n) is 9.91. The predicted octanol–water partition coefficient (Wildman–Crippen LogP) is 8.20. The highest BCUT2D eigenvalue weighted by molar-refractivity contribution is 14.2. The van der Waals surface area contributed by atoms with Crippen LogP contribution in [0.1, 0.15) is 29.3 Å². The molecule has 0 radical (unpaired) electrons. The number of benzene rings is 3. The van der Waals surface area contributed by atoms with E-state index in [0.29, 0.717) is 12.2 Å². The molecule has 3 aromatic heterocycles. The van der Waals surface area contributed by atoms with Gasteiger partial charge in [-0.2, -0.15) is 5.10 Å². The van der Waals surface area contributed by atoms with E-state index >= 15 is 0 Å². The van der Waals surface area contributed by atoms with Crippen LogP contribution >= 0.6 is 28.4 Å². The van der Waals surface area contributed by atoms with Crippen molar-refractivity contribution in [3.05, 3.63) is 138 Å². The first-order valence-corrected chi connectivity index (χ1v) is 17.9. The first-order chi connectivity index (χ1) is 21.1. The smallest absolute Gasteiger partial charge is 0.231 e. The molecule has 9 heteroatoms. The van der Waals surface area contributed by atoms with Crippen LogP contribution in [0, 0.1) is 0 Å². The van der Waals surface area contributed by atoms with Crippen molar-refractivity contribution in [3.63, 3.8) is 0 Å². The predicted molar refractivity (Wildman–Crippen MR) is 185 cm³/mol. The fourth-order valence-corrected chi connectivity index (χ4v) is 6.72. The molecule has 6 aromatic rings. The lowest BCUT2D eigenvalue weighted by atomic mass is 9.96. The number of rotatable bonds is 9. The zero-order valence-electron chi connectivity index (χ0n) is 23.4. The number of aryl methyl sites for hydroxylation is 1. The SMILES string of the molecule is CCc1ccncc1-c1cc(N=C(c2ccccc2)c2ccccc2)c2cnc(NC(=O)Cc3ccnn3PI)cc2c1. The van der Waals surface area contributed by atoms with Gasteiger partial charge in [0.05, 0.1) is 29.9 Å². The van der Waals surface area contributed by atoms with Crippen molar-refractivity contribution >= 4 is 62.3 Å². The molecule has 0 aliphatic heterocycles. The molecule has 7 nitrogen and oxygen atoms in total. The Morgan fingerprint density at radius 2 is 1.67 bits per heavy atom. The maximum Gasteiger partial charge on any atom is 0.231 e. The minimum Gasteiger partial charge on any atom is -0.310 e. The third kappa shape index (κ3) is 6.55. The van der Waals surface area contributed by atoms with Crippen LogP contribution in [0.4, 0.5) is 11.5 Å². The number of carbonyl (C=O) groups is 1. The molecule has 3 aromatic carbocycles. The number of pyridine rings is 2. The van der Waals surface area contributed by atoms with Gasteiger partial charge < -0.3 is 5.32 Å². The topological polar surface area (TPSA) is 85.1 Å². The fraction of sp³-hybridized carbons (Fsp3) is 0.0882. The van der Waals surface area contributed by atoms with Crippen molar-refractivity contribution in [3.8, 4) is 11.1 Å². The van der Waals surface area contributed by atoms with Crippen LogP contribution in [-0.4, -0.2) is 31.1 Å². The van der Waals surface area contributed by atoms with Gasteiger partial charge in [-0.15, -0.1) is 0 Å². The Kier molecular flexibility index (Phi) is 8.96. The summed E-state index contributed by atoms with van der Waals surface area (Å²) in [7, 11) is 0. The molecule has 1 atom stereocenters. The lowest BCUT2D eigenvalue weighted by Gasteiger charge is -2.14. The normalized spacial score (nSPS) is 11.2. The minimum absolute atomic E-state index is 0.145. The van der Waals surface area contributed by atoms with E-state index in [9.17, 15) is 4.79 Å². The number of hydrogen-bond donors (Lipinski definition) is 1. The summed E-state index contributed by atoms with van der Waals surface area (Å²) in [6.45, 7) is 2.14. The molecule has 0 fully saturated rings. The standard InChI is InChI=1S/C34H28IN6OP/c1-2-23-13-15-36-21-29(23)26-17-27-19-32(40-33(42)20-28-14-16-38-41(28)43-35)37-22-30(27)31(18-26)39-34(24-9-5-3-6-10-24)25-11-7-4-8-12-25/h3-19,21-22,43H,2,20H2,1H3,(H,37,40,42). The van der Waals surface area contributed by atoms with E-state index in [1.54, 1.807) is 12.4 Å². The van der Waals surface area contributed by atoms with Gasteiger partial charge in [0.25, 0.3) is 0 Å². The number of carbonyl (C=O) groups excluding carboxylic acids is 1. The van der Waals surface area contributed by atoms with Crippen molar-refractivity contribution < 1.29 is 4.79 Å². The van der Waals surface area contributed by atoms with Gasteiger partial charge in [0.2, 0.25) is 5.91 Å². The molecular formula is C34H28IN6OP. The van der Waals surface area contributed by atoms with Crippen molar-refractivity contribution in [2.24, 2.45) is 4.99 Å². The average Bonchev–Trinajstić information content (AvgIpc) is 3.50. The minimum atomic E-state index is -0.145. The number of fused-ring (bicyclic) bond motifs is 1. The Bertz CT molecular complexity index is 1880. The average molecular weight is 695 g/mol. The summed E-state index contributed by atoms with van der Waals surface area (Å²) in [6.07, 6.45) is 8.77. The van der Waals surface area contributed by atoms with E-state index in [2.05, 4.69) is 91.8 Å². The molecular weight excluding hydrogens is 666 g/mol. The molecule has 0 aliphatic rings. The van der Waals surface area contributed by atoms with Gasteiger partial charge in [-0.1, -0.05) is 67.6 Å². The molecule has 1 unspecified atom stereocenters. The monoisotopic (exact) mass is 694 g/mol. The quantitative estimate of drug-likeness (QED) is 0.0940. The molecule has 0 saturated heterocycles. The van der Waals surface area contributed by atoms with Gasteiger partial charge >= 0.3 is 0 Å². The number of amides is 1. The summed E-state index contributed by atoms with van der Waals surface area (Å²) in [5.41, 5.74) is 7.82. The number of aromatic nitrogens is 4. The number of hydrogen-bond acceptors (Lipinski definition) is 5. The van der Waals surface area contributed by atoms with Crippen LogP contribution in [0.5, 0.6) is 0 Å². The van der Waals surface area contributed by atoms with Gasteiger partial charge in [0.1, 0.15) is 5.82 Å². The molecule has 6 rings (SSSR count). The van der Waals surface area contributed by atoms with Gasteiger partial charge in [-0.25, -0.2) is 14.4 Å². The summed E-state index contributed by atoms with van der Waals surface area (Å²) >= 11 is 2.26. The Morgan fingerprint density at radius 3 is 2.37 bits per heavy atom. The van der Waals surface area contributed by atoms with Crippen LogP contribution in [-0.2, 0) is 17.6 Å². The van der Waals surface area contributed by atoms with Crippen molar-refractivity contribution in [2.45, 2.75) is 19.8 Å². The molecule has 0 spiro atoms. The fourth-order valence-electron chi connectivity index (χ4n) is 5.05.